The lowest BCUT2D eigenvalue weighted by molar-refractivity contribution is -0.153. The molecule has 2 unspecified atom stereocenters. The molecule has 2 atom stereocenters. The normalized spacial score (nSPS) is 30.9. The van der Waals surface area contributed by atoms with E-state index in [0.717, 1.165) is 19.3 Å². The van der Waals surface area contributed by atoms with Gasteiger partial charge >= 0.3 is 5.97 Å². The van der Waals surface area contributed by atoms with E-state index in [2.05, 4.69) is 12.2 Å². The number of hydrogen-bond acceptors (Lipinski definition) is 3. The van der Waals surface area contributed by atoms with E-state index < -0.39 is 11.5 Å². The van der Waals surface area contributed by atoms with Gasteiger partial charge in [-0.25, -0.2) is 4.79 Å². The molecule has 18 heavy (non-hydrogen) atoms. The van der Waals surface area contributed by atoms with Crippen molar-refractivity contribution in [2.24, 2.45) is 11.8 Å². The molecule has 1 aliphatic carbocycles. The van der Waals surface area contributed by atoms with E-state index in [9.17, 15) is 14.7 Å². The number of carboxylic acid groups (broad SMARTS) is 1. The second-order valence-electron chi connectivity index (χ2n) is 5.50. The number of aliphatic carboxylic acids is 1. The topological polar surface area (TPSA) is 75.6 Å². The predicted octanol–water partition coefficient (Wildman–Crippen LogP) is 1.17. The van der Waals surface area contributed by atoms with Crippen LogP contribution in [0.2, 0.25) is 0 Å². The zero-order valence-electron chi connectivity index (χ0n) is 10.8. The van der Waals surface area contributed by atoms with E-state index in [4.69, 9.17) is 4.74 Å². The second-order valence-corrected chi connectivity index (χ2v) is 5.50. The average Bonchev–Trinajstić information content (AvgIpc) is 2.76. The van der Waals surface area contributed by atoms with Crippen molar-refractivity contribution < 1.29 is 19.4 Å². The highest BCUT2D eigenvalue weighted by atomic mass is 16.5. The first kappa shape index (κ1) is 13.3. The zero-order valence-corrected chi connectivity index (χ0v) is 10.8. The van der Waals surface area contributed by atoms with Gasteiger partial charge in [-0.2, -0.15) is 0 Å². The lowest BCUT2D eigenvalue weighted by Crippen LogP contribution is -2.58. The van der Waals surface area contributed by atoms with Crippen LogP contribution in [0.1, 0.15) is 39.0 Å². The maximum absolute atomic E-state index is 12.2. The number of ether oxygens (including phenoxy) is 1. The predicted molar refractivity (Wildman–Crippen MR) is 65.1 cm³/mol. The van der Waals surface area contributed by atoms with Gasteiger partial charge in [-0.1, -0.05) is 13.3 Å². The van der Waals surface area contributed by atoms with Crippen LogP contribution in [0.25, 0.3) is 0 Å². The van der Waals surface area contributed by atoms with Gasteiger partial charge in [0.25, 0.3) is 0 Å². The van der Waals surface area contributed by atoms with Crippen LogP contribution in [0.4, 0.5) is 0 Å². The summed E-state index contributed by atoms with van der Waals surface area (Å²) in [5.74, 6) is -0.700. The van der Waals surface area contributed by atoms with Crippen molar-refractivity contribution in [1.29, 1.82) is 0 Å². The number of hydrogen-bond donors (Lipinski definition) is 2. The largest absolute Gasteiger partial charge is 0.480 e. The minimum atomic E-state index is -1.11. The maximum atomic E-state index is 12.2. The van der Waals surface area contributed by atoms with Gasteiger partial charge in [-0.05, 0) is 18.8 Å². The Morgan fingerprint density at radius 1 is 1.28 bits per heavy atom. The molecule has 2 rings (SSSR count). The first-order valence-electron chi connectivity index (χ1n) is 6.68. The van der Waals surface area contributed by atoms with Crippen LogP contribution in [-0.4, -0.2) is 35.7 Å². The molecule has 2 N–H and O–H groups in total. The van der Waals surface area contributed by atoms with E-state index in [1.807, 2.05) is 0 Å². The molecule has 102 valence electrons. The van der Waals surface area contributed by atoms with E-state index >= 15 is 0 Å². The molecule has 1 aliphatic heterocycles. The fourth-order valence-electron chi connectivity index (χ4n) is 2.98. The second kappa shape index (κ2) is 5.26. The van der Waals surface area contributed by atoms with Crippen molar-refractivity contribution in [3.63, 3.8) is 0 Å². The molecule has 0 radical (unpaired) electrons. The summed E-state index contributed by atoms with van der Waals surface area (Å²) in [7, 11) is 0. The molecule has 0 aromatic rings. The number of amides is 1. The molecular weight excluding hydrogens is 234 g/mol. The van der Waals surface area contributed by atoms with Gasteiger partial charge < -0.3 is 15.2 Å². The van der Waals surface area contributed by atoms with E-state index in [1.165, 1.54) is 0 Å². The SMILES string of the molecule is CC1CCCC1C(=O)NC1(C(=O)O)CCOCC1. The third-order valence-corrected chi connectivity index (χ3v) is 4.32. The van der Waals surface area contributed by atoms with Crippen LogP contribution < -0.4 is 5.32 Å². The Morgan fingerprint density at radius 3 is 2.44 bits per heavy atom. The summed E-state index contributed by atoms with van der Waals surface area (Å²) in [4.78, 5) is 23.7. The van der Waals surface area contributed by atoms with Crippen LogP contribution in [0.15, 0.2) is 0 Å². The molecule has 1 saturated carbocycles. The summed E-state index contributed by atoms with van der Waals surface area (Å²) in [6.07, 6.45) is 3.70. The molecular formula is C13H21NO4. The van der Waals surface area contributed by atoms with Gasteiger partial charge in [0, 0.05) is 32.0 Å². The molecule has 0 bridgehead atoms. The number of carbonyl (C=O) groups is 2. The van der Waals surface area contributed by atoms with Gasteiger partial charge in [0.15, 0.2) is 0 Å². The van der Waals surface area contributed by atoms with E-state index in [1.54, 1.807) is 0 Å². The number of rotatable bonds is 3. The Morgan fingerprint density at radius 2 is 1.94 bits per heavy atom. The summed E-state index contributed by atoms with van der Waals surface area (Å²) in [5, 5.41) is 12.2. The van der Waals surface area contributed by atoms with Gasteiger partial charge in [-0.15, -0.1) is 0 Å². The lowest BCUT2D eigenvalue weighted by Gasteiger charge is -2.35. The molecule has 1 saturated heterocycles. The van der Waals surface area contributed by atoms with Crippen LogP contribution in [0.5, 0.6) is 0 Å². The number of carboxylic acids is 1. The Kier molecular flexibility index (Phi) is 3.90. The summed E-state index contributed by atoms with van der Waals surface area (Å²) in [5.41, 5.74) is -1.11. The Labute approximate surface area is 107 Å². The molecule has 1 heterocycles. The number of carbonyl (C=O) groups excluding carboxylic acids is 1. The lowest BCUT2D eigenvalue weighted by atomic mass is 9.88. The van der Waals surface area contributed by atoms with Gasteiger partial charge in [0.2, 0.25) is 5.91 Å². The minimum absolute atomic E-state index is 0.0240. The Balaban J connectivity index is 2.04. The zero-order chi connectivity index (χ0) is 13.2. The number of nitrogens with one attached hydrogen (secondary N) is 1. The summed E-state index contributed by atoms with van der Waals surface area (Å²) < 4.78 is 5.19. The van der Waals surface area contributed by atoms with Crippen LogP contribution >= 0.6 is 0 Å². The quantitative estimate of drug-likeness (QED) is 0.794. The highest BCUT2D eigenvalue weighted by molar-refractivity contribution is 5.88. The highest BCUT2D eigenvalue weighted by Crippen LogP contribution is 2.32. The molecule has 0 spiro atoms. The van der Waals surface area contributed by atoms with Crippen molar-refractivity contribution in [3.8, 4) is 0 Å². The molecule has 0 aromatic heterocycles. The Hall–Kier alpha value is -1.10. The maximum Gasteiger partial charge on any atom is 0.329 e. The van der Waals surface area contributed by atoms with Crippen molar-refractivity contribution in [2.75, 3.05) is 13.2 Å². The first-order valence-corrected chi connectivity index (χ1v) is 6.68. The fourth-order valence-corrected chi connectivity index (χ4v) is 2.98. The van der Waals surface area contributed by atoms with Crippen molar-refractivity contribution >= 4 is 11.9 Å². The van der Waals surface area contributed by atoms with Crippen molar-refractivity contribution in [1.82, 2.24) is 5.32 Å². The van der Waals surface area contributed by atoms with Crippen LogP contribution in [0, 0.1) is 11.8 Å². The van der Waals surface area contributed by atoms with E-state index in [0.29, 0.717) is 32.0 Å². The minimum Gasteiger partial charge on any atom is -0.480 e. The monoisotopic (exact) mass is 255 g/mol. The summed E-state index contributed by atoms with van der Waals surface area (Å²) in [6, 6.07) is 0. The molecule has 1 amide bonds. The van der Waals surface area contributed by atoms with Crippen molar-refractivity contribution in [3.05, 3.63) is 0 Å². The molecule has 2 aliphatic rings. The first-order chi connectivity index (χ1) is 8.55. The van der Waals surface area contributed by atoms with Gasteiger partial charge in [-0.3, -0.25) is 4.79 Å². The smallest absolute Gasteiger partial charge is 0.329 e. The van der Waals surface area contributed by atoms with Gasteiger partial charge in [0.1, 0.15) is 5.54 Å². The standard InChI is InChI=1S/C13H21NO4/c1-9-3-2-4-10(9)11(15)14-13(12(16)17)5-7-18-8-6-13/h9-10H,2-8H2,1H3,(H,14,15)(H,16,17). The molecule has 2 fully saturated rings. The summed E-state index contributed by atoms with van der Waals surface area (Å²) >= 11 is 0. The molecule has 5 nitrogen and oxygen atoms in total. The molecule has 0 aromatic carbocycles. The van der Waals surface area contributed by atoms with E-state index in [-0.39, 0.29) is 11.8 Å². The molecule has 5 heteroatoms. The van der Waals surface area contributed by atoms with Crippen molar-refractivity contribution in [2.45, 2.75) is 44.6 Å². The Bertz CT molecular complexity index is 336. The summed E-state index contributed by atoms with van der Waals surface area (Å²) in [6.45, 7) is 2.86. The third-order valence-electron chi connectivity index (χ3n) is 4.32. The third kappa shape index (κ3) is 2.51. The highest BCUT2D eigenvalue weighted by Gasteiger charge is 2.43. The average molecular weight is 255 g/mol. The fraction of sp³-hybridized carbons (Fsp3) is 0.846. The van der Waals surface area contributed by atoms with Crippen LogP contribution in [-0.2, 0) is 14.3 Å². The van der Waals surface area contributed by atoms with Gasteiger partial charge in [0.05, 0.1) is 0 Å². The van der Waals surface area contributed by atoms with Crippen LogP contribution in [0.3, 0.4) is 0 Å².